The van der Waals surface area contributed by atoms with Gasteiger partial charge in [-0.05, 0) is 24.3 Å². The van der Waals surface area contributed by atoms with Crippen LogP contribution in [0.4, 0.5) is 14.6 Å². The molecule has 7 heteroatoms. The van der Waals surface area contributed by atoms with Gasteiger partial charge in [0.05, 0.1) is 7.11 Å². The Kier molecular flexibility index (Phi) is 3.46. The number of fused-ring (bicyclic) bond motifs is 1. The van der Waals surface area contributed by atoms with E-state index in [0.717, 1.165) is 12.1 Å². The molecule has 0 spiro atoms. The monoisotopic (exact) mass is 304 g/mol. The first kappa shape index (κ1) is 14.0. The van der Waals surface area contributed by atoms with Crippen LogP contribution in [0.2, 0.25) is 0 Å². The van der Waals surface area contributed by atoms with Crippen molar-refractivity contribution >= 4 is 22.7 Å². The van der Waals surface area contributed by atoms with E-state index < -0.39 is 17.5 Å². The second-order valence-corrected chi connectivity index (χ2v) is 4.48. The molecule has 0 aliphatic rings. The molecule has 3 rings (SSSR count). The molecule has 0 saturated carbocycles. The quantitative estimate of drug-likeness (QED) is 0.805. The number of benzene rings is 2. The lowest BCUT2D eigenvalue weighted by Crippen LogP contribution is -2.13. The molecule has 1 heterocycles. The number of anilines is 1. The Hall–Kier alpha value is -2.96. The van der Waals surface area contributed by atoms with Crippen molar-refractivity contribution in [1.29, 1.82) is 0 Å². The van der Waals surface area contributed by atoms with Gasteiger partial charge in [0.1, 0.15) is 22.8 Å². The SMILES string of the molecule is COc1cccc2onc(NC(=O)c3cc(F)cc(F)c3)c12. The van der Waals surface area contributed by atoms with Gasteiger partial charge in [-0.2, -0.15) is 0 Å². The standard InChI is InChI=1S/C15H10F2N2O3/c1-21-11-3-2-4-12-13(11)14(19-22-12)18-15(20)8-5-9(16)7-10(17)6-8/h2-7H,1H3,(H,18,19,20). The Morgan fingerprint density at radius 3 is 2.64 bits per heavy atom. The summed E-state index contributed by atoms with van der Waals surface area (Å²) in [5.41, 5.74) is 0.253. The smallest absolute Gasteiger partial charge is 0.257 e. The summed E-state index contributed by atoms with van der Waals surface area (Å²) in [6, 6.07) is 7.58. The largest absolute Gasteiger partial charge is 0.496 e. The van der Waals surface area contributed by atoms with Gasteiger partial charge in [0.25, 0.3) is 5.91 Å². The number of amides is 1. The molecule has 0 aliphatic heterocycles. The summed E-state index contributed by atoms with van der Waals surface area (Å²) in [5, 5.41) is 6.66. The van der Waals surface area contributed by atoms with Crippen LogP contribution in [0.15, 0.2) is 40.9 Å². The molecule has 0 fully saturated rings. The number of carbonyl (C=O) groups is 1. The molecule has 1 aromatic heterocycles. The van der Waals surface area contributed by atoms with E-state index in [2.05, 4.69) is 10.5 Å². The van der Waals surface area contributed by atoms with Crippen LogP contribution in [-0.4, -0.2) is 18.2 Å². The predicted octanol–water partition coefficient (Wildman–Crippen LogP) is 3.37. The van der Waals surface area contributed by atoms with Gasteiger partial charge < -0.3 is 14.6 Å². The highest BCUT2D eigenvalue weighted by Crippen LogP contribution is 2.32. The number of methoxy groups -OCH3 is 1. The van der Waals surface area contributed by atoms with E-state index >= 15 is 0 Å². The number of hydrogen-bond acceptors (Lipinski definition) is 4. The van der Waals surface area contributed by atoms with Crippen LogP contribution in [0.5, 0.6) is 5.75 Å². The van der Waals surface area contributed by atoms with Crippen molar-refractivity contribution in [3.63, 3.8) is 0 Å². The minimum Gasteiger partial charge on any atom is -0.496 e. The molecule has 112 valence electrons. The van der Waals surface area contributed by atoms with Gasteiger partial charge in [-0.25, -0.2) is 8.78 Å². The number of hydrogen-bond donors (Lipinski definition) is 1. The van der Waals surface area contributed by atoms with Crippen molar-refractivity contribution in [3.05, 3.63) is 53.6 Å². The summed E-state index contributed by atoms with van der Waals surface area (Å²) in [7, 11) is 1.47. The van der Waals surface area contributed by atoms with Crippen LogP contribution < -0.4 is 10.1 Å². The normalized spacial score (nSPS) is 10.7. The van der Waals surface area contributed by atoms with E-state index in [1.165, 1.54) is 7.11 Å². The minimum absolute atomic E-state index is 0.113. The molecule has 0 atom stereocenters. The van der Waals surface area contributed by atoms with Crippen molar-refractivity contribution in [2.75, 3.05) is 12.4 Å². The fraction of sp³-hybridized carbons (Fsp3) is 0.0667. The number of ether oxygens (including phenoxy) is 1. The van der Waals surface area contributed by atoms with Crippen molar-refractivity contribution < 1.29 is 22.8 Å². The van der Waals surface area contributed by atoms with Gasteiger partial charge in [0.15, 0.2) is 11.4 Å². The fourth-order valence-electron chi connectivity index (χ4n) is 2.08. The third-order valence-corrected chi connectivity index (χ3v) is 3.04. The molecular weight excluding hydrogens is 294 g/mol. The first-order valence-corrected chi connectivity index (χ1v) is 6.28. The van der Waals surface area contributed by atoms with Gasteiger partial charge in [0.2, 0.25) is 0 Å². The van der Waals surface area contributed by atoms with E-state index in [9.17, 15) is 13.6 Å². The third kappa shape index (κ3) is 2.48. The van der Waals surface area contributed by atoms with Crippen LogP contribution >= 0.6 is 0 Å². The van der Waals surface area contributed by atoms with E-state index in [1.807, 2.05) is 0 Å². The molecular formula is C15H10F2N2O3. The van der Waals surface area contributed by atoms with Crippen LogP contribution in [0, 0.1) is 11.6 Å². The summed E-state index contributed by atoms with van der Waals surface area (Å²) >= 11 is 0. The minimum atomic E-state index is -0.840. The highest BCUT2D eigenvalue weighted by Gasteiger charge is 2.17. The average molecular weight is 304 g/mol. The molecule has 0 unspecified atom stereocenters. The Morgan fingerprint density at radius 2 is 1.95 bits per heavy atom. The molecule has 1 amide bonds. The summed E-state index contributed by atoms with van der Waals surface area (Å²) in [5.74, 6) is -1.82. The Morgan fingerprint density at radius 1 is 1.23 bits per heavy atom. The van der Waals surface area contributed by atoms with Gasteiger partial charge in [0, 0.05) is 11.6 Å². The van der Waals surface area contributed by atoms with Crippen LogP contribution in [0.25, 0.3) is 11.0 Å². The molecule has 0 aliphatic carbocycles. The fourth-order valence-corrected chi connectivity index (χ4v) is 2.08. The molecule has 0 radical (unpaired) electrons. The van der Waals surface area contributed by atoms with Gasteiger partial charge in [-0.1, -0.05) is 11.2 Å². The molecule has 22 heavy (non-hydrogen) atoms. The van der Waals surface area contributed by atoms with E-state index in [0.29, 0.717) is 22.8 Å². The van der Waals surface area contributed by atoms with E-state index in [1.54, 1.807) is 18.2 Å². The van der Waals surface area contributed by atoms with Crippen molar-refractivity contribution in [2.45, 2.75) is 0 Å². The Labute approximate surface area is 123 Å². The maximum absolute atomic E-state index is 13.2. The zero-order chi connectivity index (χ0) is 15.7. The second kappa shape index (κ2) is 5.44. The Bertz CT molecular complexity index is 841. The molecule has 5 nitrogen and oxygen atoms in total. The summed E-state index contributed by atoms with van der Waals surface area (Å²) in [6.07, 6.45) is 0. The van der Waals surface area contributed by atoms with Crippen LogP contribution in [-0.2, 0) is 0 Å². The predicted molar refractivity (Wildman–Crippen MR) is 74.9 cm³/mol. The summed E-state index contributed by atoms with van der Waals surface area (Å²) in [4.78, 5) is 12.1. The molecule has 3 aromatic rings. The maximum Gasteiger partial charge on any atom is 0.257 e. The first-order chi connectivity index (χ1) is 10.6. The number of rotatable bonds is 3. The second-order valence-electron chi connectivity index (χ2n) is 4.48. The number of halogens is 2. The van der Waals surface area contributed by atoms with Crippen LogP contribution in [0.3, 0.4) is 0 Å². The lowest BCUT2D eigenvalue weighted by atomic mass is 10.2. The van der Waals surface area contributed by atoms with E-state index in [4.69, 9.17) is 9.26 Å². The van der Waals surface area contributed by atoms with Crippen molar-refractivity contribution in [1.82, 2.24) is 5.16 Å². The Balaban J connectivity index is 1.97. The number of nitrogens with zero attached hydrogens (tertiary/aromatic N) is 1. The highest BCUT2D eigenvalue weighted by molar-refractivity contribution is 6.08. The first-order valence-electron chi connectivity index (χ1n) is 6.28. The maximum atomic E-state index is 13.2. The third-order valence-electron chi connectivity index (χ3n) is 3.04. The highest BCUT2D eigenvalue weighted by atomic mass is 19.1. The number of nitrogens with one attached hydrogen (secondary N) is 1. The lowest BCUT2D eigenvalue weighted by Gasteiger charge is -2.05. The molecule has 1 N–H and O–H groups in total. The molecule has 2 aromatic carbocycles. The molecule has 0 saturated heterocycles. The number of carbonyl (C=O) groups excluding carboxylic acids is 1. The topological polar surface area (TPSA) is 64.4 Å². The van der Waals surface area contributed by atoms with Gasteiger partial charge >= 0.3 is 0 Å². The summed E-state index contributed by atoms with van der Waals surface area (Å²) in [6.45, 7) is 0. The van der Waals surface area contributed by atoms with Crippen LogP contribution in [0.1, 0.15) is 10.4 Å². The average Bonchev–Trinajstić information content (AvgIpc) is 2.89. The number of aromatic nitrogens is 1. The van der Waals surface area contributed by atoms with E-state index in [-0.39, 0.29) is 11.4 Å². The lowest BCUT2D eigenvalue weighted by molar-refractivity contribution is 0.102. The molecule has 0 bridgehead atoms. The van der Waals surface area contributed by atoms with Gasteiger partial charge in [-0.3, -0.25) is 4.79 Å². The zero-order valence-corrected chi connectivity index (χ0v) is 11.4. The summed E-state index contributed by atoms with van der Waals surface area (Å²) < 4.78 is 36.6. The van der Waals surface area contributed by atoms with Crippen molar-refractivity contribution in [3.8, 4) is 5.75 Å². The zero-order valence-electron chi connectivity index (χ0n) is 11.4. The van der Waals surface area contributed by atoms with Crippen molar-refractivity contribution in [2.24, 2.45) is 0 Å². The van der Waals surface area contributed by atoms with Gasteiger partial charge in [-0.15, -0.1) is 0 Å².